The number of H-pyrrole nitrogens is 1. The fourth-order valence-corrected chi connectivity index (χ4v) is 2.88. The highest BCUT2D eigenvalue weighted by molar-refractivity contribution is 14.1. The molecule has 2 aromatic rings. The lowest BCUT2D eigenvalue weighted by Crippen LogP contribution is -2.27. The zero-order valence-electron chi connectivity index (χ0n) is 9.33. The highest BCUT2D eigenvalue weighted by Crippen LogP contribution is 2.15. The Labute approximate surface area is 118 Å². The van der Waals surface area contributed by atoms with E-state index in [0.717, 1.165) is 3.57 Å². The normalized spacial score (nSPS) is 13.4. The van der Waals surface area contributed by atoms with Gasteiger partial charge in [0.15, 0.2) is 5.82 Å². The Balaban J connectivity index is 2.20. The van der Waals surface area contributed by atoms with Gasteiger partial charge in [-0.3, -0.25) is 0 Å². The van der Waals surface area contributed by atoms with Crippen LogP contribution in [0.2, 0.25) is 0 Å². The van der Waals surface area contributed by atoms with E-state index in [2.05, 4.69) is 47.9 Å². The van der Waals surface area contributed by atoms with E-state index in [1.54, 1.807) is 31.2 Å². The standard InChI is InChI=1S/C9H10IN5O2S/c1-6(9-11-14-15-12-9)13-18(16,17)8-4-2-7(10)3-5-8/h2-6,13H,1H3,(H,11,12,14,15). The van der Waals surface area contributed by atoms with E-state index in [-0.39, 0.29) is 4.90 Å². The van der Waals surface area contributed by atoms with Crippen molar-refractivity contribution in [2.24, 2.45) is 0 Å². The summed E-state index contributed by atoms with van der Waals surface area (Å²) in [5, 5.41) is 13.1. The predicted octanol–water partition coefficient (Wildman–Crippen LogP) is 0.844. The monoisotopic (exact) mass is 379 g/mol. The van der Waals surface area contributed by atoms with Crippen LogP contribution in [0.25, 0.3) is 0 Å². The van der Waals surface area contributed by atoms with Crippen LogP contribution in [0.4, 0.5) is 0 Å². The number of aromatic amines is 1. The highest BCUT2D eigenvalue weighted by atomic mass is 127. The van der Waals surface area contributed by atoms with Crippen molar-refractivity contribution in [1.82, 2.24) is 25.3 Å². The first-order chi connectivity index (χ1) is 8.49. The second-order valence-electron chi connectivity index (χ2n) is 3.57. The van der Waals surface area contributed by atoms with Gasteiger partial charge in [-0.15, -0.1) is 10.2 Å². The van der Waals surface area contributed by atoms with E-state index in [0.29, 0.717) is 5.82 Å². The van der Waals surface area contributed by atoms with Gasteiger partial charge in [-0.1, -0.05) is 5.21 Å². The summed E-state index contributed by atoms with van der Waals surface area (Å²) in [4.78, 5) is 0.207. The molecule has 1 heterocycles. The molecule has 2 N–H and O–H groups in total. The number of benzene rings is 1. The Bertz CT molecular complexity index is 611. The average Bonchev–Trinajstić information content (AvgIpc) is 2.82. The second-order valence-corrected chi connectivity index (χ2v) is 6.53. The summed E-state index contributed by atoms with van der Waals surface area (Å²) >= 11 is 2.11. The zero-order valence-corrected chi connectivity index (χ0v) is 12.3. The van der Waals surface area contributed by atoms with Gasteiger partial charge in [0, 0.05) is 3.57 Å². The maximum atomic E-state index is 12.0. The number of tetrazole rings is 1. The topological polar surface area (TPSA) is 101 Å². The Hall–Kier alpha value is -1.07. The average molecular weight is 379 g/mol. The van der Waals surface area contributed by atoms with Gasteiger partial charge >= 0.3 is 0 Å². The molecule has 1 atom stereocenters. The van der Waals surface area contributed by atoms with Crippen molar-refractivity contribution in [2.45, 2.75) is 17.9 Å². The molecule has 96 valence electrons. The molecule has 0 saturated heterocycles. The molecular formula is C9H10IN5O2S. The fourth-order valence-electron chi connectivity index (χ4n) is 1.32. The van der Waals surface area contributed by atoms with E-state index in [1.807, 2.05) is 0 Å². The molecule has 2 rings (SSSR count). The van der Waals surface area contributed by atoms with E-state index in [4.69, 9.17) is 0 Å². The van der Waals surface area contributed by atoms with Crippen molar-refractivity contribution in [3.05, 3.63) is 33.7 Å². The predicted molar refractivity (Wildman–Crippen MR) is 72.1 cm³/mol. The van der Waals surface area contributed by atoms with Crippen molar-refractivity contribution >= 4 is 32.6 Å². The van der Waals surface area contributed by atoms with Crippen LogP contribution in [-0.2, 0) is 10.0 Å². The number of nitrogens with zero attached hydrogens (tertiary/aromatic N) is 3. The molecule has 0 amide bonds. The number of halogens is 1. The minimum atomic E-state index is -3.58. The Morgan fingerprint density at radius 2 is 2.00 bits per heavy atom. The molecular weight excluding hydrogens is 369 g/mol. The third-order valence-corrected chi connectivity index (χ3v) is 4.48. The van der Waals surface area contributed by atoms with E-state index in [1.165, 1.54) is 0 Å². The van der Waals surface area contributed by atoms with Crippen molar-refractivity contribution in [2.75, 3.05) is 0 Å². The number of hydrogen-bond donors (Lipinski definition) is 2. The summed E-state index contributed by atoms with van der Waals surface area (Å²) in [5.74, 6) is 0.295. The van der Waals surface area contributed by atoms with Crippen molar-refractivity contribution in [3.63, 3.8) is 0 Å². The van der Waals surface area contributed by atoms with Crippen LogP contribution >= 0.6 is 22.6 Å². The minimum absolute atomic E-state index is 0.207. The number of aromatic nitrogens is 4. The molecule has 0 spiro atoms. The van der Waals surface area contributed by atoms with Crippen LogP contribution in [0.3, 0.4) is 0 Å². The van der Waals surface area contributed by atoms with Gasteiger partial charge in [0.1, 0.15) is 0 Å². The molecule has 1 unspecified atom stereocenters. The molecule has 0 aliphatic heterocycles. The Morgan fingerprint density at radius 3 is 2.56 bits per heavy atom. The number of sulfonamides is 1. The van der Waals surface area contributed by atoms with Crippen molar-refractivity contribution in [1.29, 1.82) is 0 Å². The maximum absolute atomic E-state index is 12.0. The molecule has 0 radical (unpaired) electrons. The van der Waals surface area contributed by atoms with Gasteiger partial charge in [-0.25, -0.2) is 13.1 Å². The lowest BCUT2D eigenvalue weighted by atomic mass is 10.4. The number of rotatable bonds is 4. The zero-order chi connectivity index (χ0) is 13.2. The molecule has 0 saturated carbocycles. The number of nitrogens with one attached hydrogen (secondary N) is 2. The summed E-state index contributed by atoms with van der Waals surface area (Å²) in [7, 11) is -3.58. The second kappa shape index (κ2) is 5.28. The molecule has 1 aromatic carbocycles. The highest BCUT2D eigenvalue weighted by Gasteiger charge is 2.20. The molecule has 0 aliphatic carbocycles. The summed E-state index contributed by atoms with van der Waals surface area (Å²) < 4.78 is 27.5. The smallest absolute Gasteiger partial charge is 0.207 e. The summed E-state index contributed by atoms with van der Waals surface area (Å²) in [6.45, 7) is 1.65. The molecule has 7 nitrogen and oxygen atoms in total. The van der Waals surface area contributed by atoms with Crippen LogP contribution in [0.1, 0.15) is 18.8 Å². The molecule has 1 aromatic heterocycles. The molecule has 0 fully saturated rings. The summed E-state index contributed by atoms with van der Waals surface area (Å²) in [6.07, 6.45) is 0. The fraction of sp³-hybridized carbons (Fsp3) is 0.222. The van der Waals surface area contributed by atoms with Crippen LogP contribution in [0, 0.1) is 3.57 Å². The Kier molecular flexibility index (Phi) is 3.92. The molecule has 18 heavy (non-hydrogen) atoms. The largest absolute Gasteiger partial charge is 0.241 e. The quantitative estimate of drug-likeness (QED) is 0.767. The van der Waals surface area contributed by atoms with E-state index >= 15 is 0 Å². The SMILES string of the molecule is CC(NS(=O)(=O)c1ccc(I)cc1)c1nn[nH]n1. The van der Waals surface area contributed by atoms with Crippen LogP contribution in [-0.4, -0.2) is 29.0 Å². The van der Waals surface area contributed by atoms with E-state index < -0.39 is 16.1 Å². The third kappa shape index (κ3) is 3.03. The minimum Gasteiger partial charge on any atom is -0.207 e. The van der Waals surface area contributed by atoms with E-state index in [9.17, 15) is 8.42 Å². The van der Waals surface area contributed by atoms with Crippen LogP contribution in [0.15, 0.2) is 29.2 Å². The number of hydrogen-bond acceptors (Lipinski definition) is 5. The van der Waals surface area contributed by atoms with Gasteiger partial charge < -0.3 is 0 Å². The van der Waals surface area contributed by atoms with Gasteiger partial charge in [-0.05, 0) is 53.8 Å². The lowest BCUT2D eigenvalue weighted by Gasteiger charge is -2.10. The maximum Gasteiger partial charge on any atom is 0.241 e. The van der Waals surface area contributed by atoms with Crippen molar-refractivity contribution < 1.29 is 8.42 Å². The lowest BCUT2D eigenvalue weighted by molar-refractivity contribution is 0.560. The van der Waals surface area contributed by atoms with Gasteiger partial charge in [0.05, 0.1) is 10.9 Å². The van der Waals surface area contributed by atoms with Gasteiger partial charge in [-0.2, -0.15) is 5.21 Å². The first kappa shape index (κ1) is 13.4. The van der Waals surface area contributed by atoms with Crippen LogP contribution in [0.5, 0.6) is 0 Å². The molecule has 9 heteroatoms. The first-order valence-electron chi connectivity index (χ1n) is 5.00. The van der Waals surface area contributed by atoms with Gasteiger partial charge in [0.25, 0.3) is 0 Å². The first-order valence-corrected chi connectivity index (χ1v) is 7.56. The summed E-state index contributed by atoms with van der Waals surface area (Å²) in [6, 6.07) is 6.01. The van der Waals surface area contributed by atoms with Crippen LogP contribution < -0.4 is 4.72 Å². The summed E-state index contributed by atoms with van der Waals surface area (Å²) in [5.41, 5.74) is 0. The van der Waals surface area contributed by atoms with Crippen molar-refractivity contribution in [3.8, 4) is 0 Å². The molecule has 0 bridgehead atoms. The third-order valence-electron chi connectivity index (χ3n) is 2.20. The Morgan fingerprint density at radius 1 is 1.33 bits per heavy atom. The van der Waals surface area contributed by atoms with Gasteiger partial charge in [0.2, 0.25) is 10.0 Å². The molecule has 0 aliphatic rings.